The van der Waals surface area contributed by atoms with Crippen molar-refractivity contribution < 1.29 is 4.79 Å². The zero-order valence-corrected chi connectivity index (χ0v) is 16.3. The summed E-state index contributed by atoms with van der Waals surface area (Å²) in [5.74, 6) is 0.849. The molecule has 0 bridgehead atoms. The van der Waals surface area contributed by atoms with Gasteiger partial charge in [-0.3, -0.25) is 9.79 Å². The van der Waals surface area contributed by atoms with E-state index in [9.17, 15) is 4.79 Å². The van der Waals surface area contributed by atoms with Crippen LogP contribution in [0.25, 0.3) is 0 Å². The van der Waals surface area contributed by atoms with Crippen LogP contribution in [0.15, 0.2) is 4.99 Å². The number of hydrogen-bond acceptors (Lipinski definition) is 2. The summed E-state index contributed by atoms with van der Waals surface area (Å²) in [7, 11) is 3.68. The summed E-state index contributed by atoms with van der Waals surface area (Å²) in [6.45, 7) is 2.56. The standard InChI is InChI=1S/C16H30N4O.HI/c1-19(2)14(21)16(9-5-6-10-16)13-18-15(17)20-11-7-3-4-8-12-20;/h3-13H2,1-2H3,(H2,17,18);1H. The van der Waals surface area contributed by atoms with E-state index in [-0.39, 0.29) is 35.3 Å². The predicted molar refractivity (Wildman–Crippen MR) is 102 cm³/mol. The monoisotopic (exact) mass is 422 g/mol. The van der Waals surface area contributed by atoms with Gasteiger partial charge < -0.3 is 15.5 Å². The zero-order chi connectivity index (χ0) is 15.3. The molecule has 0 aromatic heterocycles. The molecule has 1 aliphatic carbocycles. The van der Waals surface area contributed by atoms with Gasteiger partial charge in [0.05, 0.1) is 12.0 Å². The van der Waals surface area contributed by atoms with Crippen molar-refractivity contribution in [3.8, 4) is 0 Å². The molecule has 0 aromatic carbocycles. The van der Waals surface area contributed by atoms with Gasteiger partial charge in [-0.15, -0.1) is 24.0 Å². The molecule has 1 saturated carbocycles. The van der Waals surface area contributed by atoms with E-state index in [2.05, 4.69) is 9.89 Å². The molecule has 0 spiro atoms. The van der Waals surface area contributed by atoms with Gasteiger partial charge in [-0.05, 0) is 25.7 Å². The molecule has 22 heavy (non-hydrogen) atoms. The second kappa shape index (κ2) is 8.93. The molecule has 2 aliphatic rings. The SMILES string of the molecule is CN(C)C(=O)C1(CN=C(N)N2CCCCCC2)CCCC1.I. The Morgan fingerprint density at radius 1 is 1.09 bits per heavy atom. The van der Waals surface area contributed by atoms with Crippen LogP contribution in [-0.4, -0.2) is 55.4 Å². The van der Waals surface area contributed by atoms with Crippen LogP contribution in [0.3, 0.4) is 0 Å². The molecule has 1 heterocycles. The highest BCUT2D eigenvalue weighted by molar-refractivity contribution is 14.0. The summed E-state index contributed by atoms with van der Waals surface area (Å²) in [6, 6.07) is 0. The molecule has 2 N–H and O–H groups in total. The average molecular weight is 422 g/mol. The fourth-order valence-corrected chi connectivity index (χ4v) is 3.60. The predicted octanol–water partition coefficient (Wildman–Crippen LogP) is 2.44. The maximum Gasteiger partial charge on any atom is 0.230 e. The van der Waals surface area contributed by atoms with E-state index < -0.39 is 0 Å². The molecule has 0 radical (unpaired) electrons. The molecular formula is C16H31IN4O. The maximum atomic E-state index is 12.5. The Hall–Kier alpha value is -0.530. The lowest BCUT2D eigenvalue weighted by molar-refractivity contribution is -0.138. The highest BCUT2D eigenvalue weighted by Crippen LogP contribution is 2.39. The number of nitrogens with zero attached hydrogens (tertiary/aromatic N) is 3. The van der Waals surface area contributed by atoms with Gasteiger partial charge in [0.1, 0.15) is 0 Å². The largest absolute Gasteiger partial charge is 0.370 e. The van der Waals surface area contributed by atoms with Gasteiger partial charge in [0.25, 0.3) is 0 Å². The first-order valence-corrected chi connectivity index (χ1v) is 8.32. The molecule has 2 fully saturated rings. The van der Waals surface area contributed by atoms with Crippen molar-refractivity contribution in [3.63, 3.8) is 0 Å². The van der Waals surface area contributed by atoms with Crippen molar-refractivity contribution in [2.45, 2.75) is 51.4 Å². The number of guanidine groups is 1. The minimum absolute atomic E-state index is 0. The highest BCUT2D eigenvalue weighted by Gasteiger charge is 2.42. The molecule has 6 heteroatoms. The molecule has 0 unspecified atom stereocenters. The Kier molecular flexibility index (Phi) is 7.93. The van der Waals surface area contributed by atoms with Crippen molar-refractivity contribution in [3.05, 3.63) is 0 Å². The van der Waals surface area contributed by atoms with Crippen LogP contribution in [0.2, 0.25) is 0 Å². The molecule has 2 rings (SSSR count). The summed E-state index contributed by atoms with van der Waals surface area (Å²) in [5, 5.41) is 0. The maximum absolute atomic E-state index is 12.5. The summed E-state index contributed by atoms with van der Waals surface area (Å²) in [6.07, 6.45) is 9.09. The summed E-state index contributed by atoms with van der Waals surface area (Å²) in [4.78, 5) is 21.0. The fraction of sp³-hybridized carbons (Fsp3) is 0.875. The molecule has 5 nitrogen and oxygen atoms in total. The lowest BCUT2D eigenvalue weighted by atomic mass is 9.85. The first-order chi connectivity index (χ1) is 10.1. The molecule has 1 saturated heterocycles. The second-order valence-electron chi connectivity index (χ2n) is 6.76. The van der Waals surface area contributed by atoms with Gasteiger partial charge in [-0.2, -0.15) is 0 Å². The van der Waals surface area contributed by atoms with E-state index >= 15 is 0 Å². The number of amides is 1. The molecule has 1 aliphatic heterocycles. The van der Waals surface area contributed by atoms with Gasteiger partial charge in [-0.25, -0.2) is 0 Å². The first kappa shape index (κ1) is 19.5. The normalized spacial score (nSPS) is 21.9. The van der Waals surface area contributed by atoms with E-state index in [1.165, 1.54) is 25.7 Å². The van der Waals surface area contributed by atoms with E-state index in [4.69, 9.17) is 5.73 Å². The van der Waals surface area contributed by atoms with Crippen LogP contribution < -0.4 is 5.73 Å². The number of aliphatic imine (C=N–C) groups is 1. The van der Waals surface area contributed by atoms with Crippen LogP contribution in [-0.2, 0) is 4.79 Å². The van der Waals surface area contributed by atoms with Crippen LogP contribution in [0.1, 0.15) is 51.4 Å². The third kappa shape index (κ3) is 4.73. The van der Waals surface area contributed by atoms with E-state index in [0.29, 0.717) is 12.5 Å². The fourth-order valence-electron chi connectivity index (χ4n) is 3.60. The number of hydrogen-bond donors (Lipinski definition) is 1. The number of rotatable bonds is 3. The third-order valence-corrected chi connectivity index (χ3v) is 4.89. The van der Waals surface area contributed by atoms with E-state index in [0.717, 1.165) is 38.8 Å². The lowest BCUT2D eigenvalue weighted by Crippen LogP contribution is -2.43. The van der Waals surface area contributed by atoms with E-state index in [1.54, 1.807) is 4.90 Å². The quantitative estimate of drug-likeness (QED) is 0.432. The topological polar surface area (TPSA) is 61.9 Å². The van der Waals surface area contributed by atoms with Gasteiger partial charge >= 0.3 is 0 Å². The third-order valence-electron chi connectivity index (χ3n) is 4.89. The number of carbonyl (C=O) groups excluding carboxylic acids is 1. The highest BCUT2D eigenvalue weighted by atomic mass is 127. The zero-order valence-electron chi connectivity index (χ0n) is 14.0. The Bertz CT molecular complexity index is 384. The van der Waals surface area contributed by atoms with Crippen LogP contribution in [0.5, 0.6) is 0 Å². The van der Waals surface area contributed by atoms with Crippen LogP contribution in [0.4, 0.5) is 0 Å². The Balaban J connectivity index is 0.00000242. The van der Waals surface area contributed by atoms with Gasteiger partial charge in [-0.1, -0.05) is 25.7 Å². The average Bonchev–Trinajstić information content (AvgIpc) is 2.78. The van der Waals surface area contributed by atoms with Crippen LogP contribution in [0, 0.1) is 5.41 Å². The second-order valence-corrected chi connectivity index (χ2v) is 6.76. The van der Waals surface area contributed by atoms with Crippen LogP contribution >= 0.6 is 24.0 Å². The molecule has 128 valence electrons. The number of nitrogens with two attached hydrogens (primary N) is 1. The Morgan fingerprint density at radius 2 is 1.64 bits per heavy atom. The Morgan fingerprint density at radius 3 is 2.14 bits per heavy atom. The summed E-state index contributed by atoms with van der Waals surface area (Å²) in [5.41, 5.74) is 5.88. The number of likely N-dealkylation sites (tertiary alicyclic amines) is 1. The molecular weight excluding hydrogens is 391 g/mol. The Labute approximate surface area is 151 Å². The van der Waals surface area contributed by atoms with Crippen molar-refractivity contribution in [2.75, 3.05) is 33.7 Å². The molecule has 0 aromatic rings. The van der Waals surface area contributed by atoms with Crippen molar-refractivity contribution >= 4 is 35.8 Å². The summed E-state index contributed by atoms with van der Waals surface area (Å²) < 4.78 is 0. The van der Waals surface area contributed by atoms with Gasteiger partial charge in [0.15, 0.2) is 5.96 Å². The minimum atomic E-state index is -0.306. The van der Waals surface area contributed by atoms with Crippen molar-refractivity contribution in [2.24, 2.45) is 16.1 Å². The van der Waals surface area contributed by atoms with E-state index in [1.807, 2.05) is 14.1 Å². The number of halogens is 1. The lowest BCUT2D eigenvalue weighted by Gasteiger charge is -2.30. The first-order valence-electron chi connectivity index (χ1n) is 8.32. The van der Waals surface area contributed by atoms with Gasteiger partial charge in [0, 0.05) is 27.2 Å². The van der Waals surface area contributed by atoms with Crippen molar-refractivity contribution in [1.29, 1.82) is 0 Å². The summed E-state index contributed by atoms with van der Waals surface area (Å²) >= 11 is 0. The smallest absolute Gasteiger partial charge is 0.230 e. The molecule has 0 atom stereocenters. The van der Waals surface area contributed by atoms with Crippen molar-refractivity contribution in [1.82, 2.24) is 9.80 Å². The minimum Gasteiger partial charge on any atom is -0.370 e. The molecule has 1 amide bonds. The van der Waals surface area contributed by atoms with Gasteiger partial charge in [0.2, 0.25) is 5.91 Å². The number of carbonyl (C=O) groups is 1.